The zero-order valence-corrected chi connectivity index (χ0v) is 15.0. The summed E-state index contributed by atoms with van der Waals surface area (Å²) < 4.78 is 0. The average Bonchev–Trinajstić information content (AvgIpc) is 2.65. The summed E-state index contributed by atoms with van der Waals surface area (Å²) in [6.45, 7) is 4.77. The van der Waals surface area contributed by atoms with Crippen molar-refractivity contribution < 1.29 is 4.79 Å². The molecule has 0 saturated carbocycles. The van der Waals surface area contributed by atoms with Gasteiger partial charge in [-0.2, -0.15) is 0 Å². The predicted molar refractivity (Wildman–Crippen MR) is 102 cm³/mol. The molecule has 1 aromatic carbocycles. The maximum absolute atomic E-state index is 12.2. The van der Waals surface area contributed by atoms with E-state index in [0.29, 0.717) is 36.2 Å². The zero-order valence-electron chi connectivity index (χ0n) is 15.0. The summed E-state index contributed by atoms with van der Waals surface area (Å²) in [7, 11) is 0. The van der Waals surface area contributed by atoms with E-state index in [1.165, 1.54) is 24.5 Å². The number of amides is 1. The monoisotopic (exact) mass is 355 g/mol. The number of nitrogens with one attached hydrogen (secondary N) is 4. The zero-order chi connectivity index (χ0) is 18.4. The Morgan fingerprint density at radius 3 is 2.77 bits per heavy atom. The van der Waals surface area contributed by atoms with Crippen LogP contribution in [0, 0.1) is 6.92 Å². The number of H-pyrrole nitrogens is 1. The van der Waals surface area contributed by atoms with Gasteiger partial charge in [0.15, 0.2) is 0 Å². The number of hydrogen-bond acceptors (Lipinski definition) is 5. The Morgan fingerprint density at radius 2 is 2.08 bits per heavy atom. The molecule has 0 bridgehead atoms. The number of aromatic nitrogens is 2. The third-order valence-corrected chi connectivity index (χ3v) is 4.51. The van der Waals surface area contributed by atoms with Crippen molar-refractivity contribution in [2.75, 3.05) is 31.5 Å². The summed E-state index contributed by atoms with van der Waals surface area (Å²) >= 11 is 0. The molecular formula is C19H25N5O2. The molecule has 0 spiro atoms. The van der Waals surface area contributed by atoms with E-state index in [2.05, 4.69) is 25.9 Å². The molecule has 1 aromatic heterocycles. The fraction of sp³-hybridized carbons (Fsp3) is 0.421. The number of aryl methyl sites for hydroxylation is 1. The van der Waals surface area contributed by atoms with Gasteiger partial charge in [-0.05, 0) is 49.9 Å². The van der Waals surface area contributed by atoms with Crippen LogP contribution in [-0.2, 0) is 0 Å². The van der Waals surface area contributed by atoms with Gasteiger partial charge in [-0.15, -0.1) is 0 Å². The number of rotatable bonds is 6. The summed E-state index contributed by atoms with van der Waals surface area (Å²) in [5.41, 5.74) is 2.38. The van der Waals surface area contributed by atoms with Crippen LogP contribution in [0.2, 0.25) is 0 Å². The fourth-order valence-corrected chi connectivity index (χ4v) is 3.16. The van der Waals surface area contributed by atoms with Gasteiger partial charge in [-0.3, -0.25) is 14.6 Å². The number of carbonyl (C=O) groups excluding carboxylic acids is 1. The molecule has 2 aromatic rings. The van der Waals surface area contributed by atoms with Crippen molar-refractivity contribution in [2.24, 2.45) is 0 Å². The number of aromatic amines is 1. The topological polar surface area (TPSA) is 98.9 Å². The van der Waals surface area contributed by atoms with E-state index in [1.54, 1.807) is 6.92 Å². The standard InChI is InChI=1S/C19H25N5O2/c1-13-11-17(25)24-19(23-13)22-10-9-21-18(26)15-6-4-14(5-7-15)16-3-2-8-20-12-16/h4-7,11,16,20H,2-3,8-10,12H2,1H3,(H,21,26)(H2,22,23,24,25). The van der Waals surface area contributed by atoms with Gasteiger partial charge < -0.3 is 16.0 Å². The Morgan fingerprint density at radius 1 is 1.27 bits per heavy atom. The molecule has 26 heavy (non-hydrogen) atoms. The fourth-order valence-electron chi connectivity index (χ4n) is 3.16. The SMILES string of the molecule is Cc1cc(=O)[nH]c(NCCNC(=O)c2ccc(C3CCCNC3)cc2)n1. The third-order valence-electron chi connectivity index (χ3n) is 4.51. The van der Waals surface area contributed by atoms with Crippen LogP contribution in [0.3, 0.4) is 0 Å². The largest absolute Gasteiger partial charge is 0.354 e. The van der Waals surface area contributed by atoms with Gasteiger partial charge in [-0.25, -0.2) is 4.98 Å². The van der Waals surface area contributed by atoms with Crippen LogP contribution in [-0.4, -0.2) is 42.1 Å². The number of hydrogen-bond donors (Lipinski definition) is 4. The Labute approximate surface area is 152 Å². The lowest BCUT2D eigenvalue weighted by atomic mass is 9.91. The van der Waals surface area contributed by atoms with E-state index in [-0.39, 0.29) is 11.5 Å². The second-order valence-corrected chi connectivity index (χ2v) is 6.58. The van der Waals surface area contributed by atoms with Crippen molar-refractivity contribution >= 4 is 11.9 Å². The van der Waals surface area contributed by atoms with Crippen molar-refractivity contribution in [3.63, 3.8) is 0 Å². The highest BCUT2D eigenvalue weighted by Gasteiger charge is 2.15. The molecule has 3 rings (SSSR count). The van der Waals surface area contributed by atoms with Crippen LogP contribution < -0.4 is 21.5 Å². The van der Waals surface area contributed by atoms with Gasteiger partial charge in [0.25, 0.3) is 11.5 Å². The van der Waals surface area contributed by atoms with Crippen LogP contribution in [0.15, 0.2) is 35.1 Å². The minimum absolute atomic E-state index is 0.106. The summed E-state index contributed by atoms with van der Waals surface area (Å²) in [6.07, 6.45) is 2.39. The van der Waals surface area contributed by atoms with Crippen molar-refractivity contribution in [2.45, 2.75) is 25.7 Å². The number of nitrogens with zero attached hydrogens (tertiary/aromatic N) is 1. The lowest BCUT2D eigenvalue weighted by Gasteiger charge is -2.23. The van der Waals surface area contributed by atoms with E-state index in [1.807, 2.05) is 24.3 Å². The molecule has 1 aliphatic rings. The van der Waals surface area contributed by atoms with E-state index < -0.39 is 0 Å². The normalized spacial score (nSPS) is 16.9. The molecule has 0 aliphatic carbocycles. The van der Waals surface area contributed by atoms with Gasteiger partial charge in [-0.1, -0.05) is 12.1 Å². The van der Waals surface area contributed by atoms with E-state index in [4.69, 9.17) is 0 Å². The molecule has 0 radical (unpaired) electrons. The molecule has 1 unspecified atom stereocenters. The number of anilines is 1. The first-order chi connectivity index (χ1) is 12.6. The first-order valence-corrected chi connectivity index (χ1v) is 9.02. The summed E-state index contributed by atoms with van der Waals surface area (Å²) in [5.74, 6) is 0.842. The highest BCUT2D eigenvalue weighted by Crippen LogP contribution is 2.23. The average molecular weight is 355 g/mol. The highest BCUT2D eigenvalue weighted by atomic mass is 16.1. The first-order valence-electron chi connectivity index (χ1n) is 9.02. The van der Waals surface area contributed by atoms with E-state index >= 15 is 0 Å². The van der Waals surface area contributed by atoms with Gasteiger partial charge in [0, 0.05) is 37.0 Å². The second-order valence-electron chi connectivity index (χ2n) is 6.58. The molecule has 138 valence electrons. The Bertz CT molecular complexity index is 794. The maximum atomic E-state index is 12.2. The van der Waals surface area contributed by atoms with Crippen LogP contribution in [0.5, 0.6) is 0 Å². The van der Waals surface area contributed by atoms with Crippen molar-refractivity contribution in [3.05, 3.63) is 57.5 Å². The number of piperidine rings is 1. The predicted octanol–water partition coefficient (Wildman–Crippen LogP) is 1.39. The van der Waals surface area contributed by atoms with Crippen LogP contribution in [0.25, 0.3) is 0 Å². The third kappa shape index (κ3) is 4.92. The Hall–Kier alpha value is -2.67. The van der Waals surface area contributed by atoms with Gasteiger partial charge >= 0.3 is 0 Å². The molecule has 7 heteroatoms. The molecular weight excluding hydrogens is 330 g/mol. The van der Waals surface area contributed by atoms with Crippen LogP contribution >= 0.6 is 0 Å². The lowest BCUT2D eigenvalue weighted by Crippen LogP contribution is -2.30. The van der Waals surface area contributed by atoms with Gasteiger partial charge in [0.1, 0.15) is 0 Å². The summed E-state index contributed by atoms with van der Waals surface area (Å²) in [4.78, 5) is 30.4. The van der Waals surface area contributed by atoms with Gasteiger partial charge in [0.05, 0.1) is 0 Å². The number of carbonyl (C=O) groups is 1. The van der Waals surface area contributed by atoms with E-state index in [0.717, 1.165) is 13.1 Å². The molecule has 2 heterocycles. The second kappa shape index (κ2) is 8.62. The molecule has 1 atom stereocenters. The van der Waals surface area contributed by atoms with Crippen LogP contribution in [0.4, 0.5) is 5.95 Å². The van der Waals surface area contributed by atoms with Crippen molar-refractivity contribution in [3.8, 4) is 0 Å². The molecule has 1 aliphatic heterocycles. The highest BCUT2D eigenvalue weighted by molar-refractivity contribution is 5.94. The van der Waals surface area contributed by atoms with Crippen LogP contribution in [0.1, 0.15) is 40.4 Å². The quantitative estimate of drug-likeness (QED) is 0.587. The molecule has 1 saturated heterocycles. The smallest absolute Gasteiger partial charge is 0.252 e. The van der Waals surface area contributed by atoms with Crippen molar-refractivity contribution in [1.29, 1.82) is 0 Å². The summed E-state index contributed by atoms with van der Waals surface area (Å²) in [5, 5.41) is 9.27. The van der Waals surface area contributed by atoms with E-state index in [9.17, 15) is 9.59 Å². The maximum Gasteiger partial charge on any atom is 0.252 e. The molecule has 1 fully saturated rings. The summed E-state index contributed by atoms with van der Waals surface area (Å²) in [6, 6.07) is 9.29. The minimum Gasteiger partial charge on any atom is -0.354 e. The number of benzene rings is 1. The molecule has 1 amide bonds. The van der Waals surface area contributed by atoms with Gasteiger partial charge in [0.2, 0.25) is 5.95 Å². The Kier molecular flexibility index (Phi) is 6.01. The lowest BCUT2D eigenvalue weighted by molar-refractivity contribution is 0.0955. The minimum atomic E-state index is -0.197. The molecule has 7 nitrogen and oxygen atoms in total. The first kappa shape index (κ1) is 18.1. The Balaban J connectivity index is 1.46. The van der Waals surface area contributed by atoms with Crippen molar-refractivity contribution in [1.82, 2.24) is 20.6 Å². The molecule has 4 N–H and O–H groups in total.